The Hall–Kier alpha value is -3.72. The third-order valence-electron chi connectivity index (χ3n) is 4.95. The second-order valence-electron chi connectivity index (χ2n) is 7.73. The van der Waals surface area contributed by atoms with Crippen LogP contribution in [0.3, 0.4) is 0 Å². The second kappa shape index (κ2) is 10.2. The lowest BCUT2D eigenvalue weighted by Gasteiger charge is -2.16. The molecule has 1 aromatic carbocycles. The van der Waals surface area contributed by atoms with Crippen molar-refractivity contribution in [3.63, 3.8) is 0 Å². The summed E-state index contributed by atoms with van der Waals surface area (Å²) in [6, 6.07) is 6.46. The lowest BCUT2D eigenvalue weighted by molar-refractivity contribution is -0.274. The van der Waals surface area contributed by atoms with E-state index in [1.807, 2.05) is 0 Å². The fraction of sp³-hybridized carbons (Fsp3) is 0.238. The summed E-state index contributed by atoms with van der Waals surface area (Å²) in [5.41, 5.74) is -0.00508. The number of carbonyl (C=O) groups excluding carboxylic acids is 1. The van der Waals surface area contributed by atoms with E-state index < -0.39 is 42.9 Å². The molecule has 4 rings (SSSR count). The molecule has 0 fully saturated rings. The van der Waals surface area contributed by atoms with Gasteiger partial charge in [0.25, 0.3) is 5.82 Å². The molecule has 0 amide bonds. The van der Waals surface area contributed by atoms with Gasteiger partial charge in [0.2, 0.25) is 0 Å². The van der Waals surface area contributed by atoms with Gasteiger partial charge in [0.05, 0.1) is 10.7 Å². The molecule has 9 nitrogen and oxygen atoms in total. The normalized spacial score (nSPS) is 12.1. The number of hydrogen-bond donors (Lipinski definition) is 0. The lowest BCUT2D eigenvalue weighted by Crippen LogP contribution is -2.20. The van der Waals surface area contributed by atoms with Crippen LogP contribution in [0.1, 0.15) is 33.1 Å². The van der Waals surface area contributed by atoms with Crippen molar-refractivity contribution in [2.24, 2.45) is 0 Å². The smallest absolute Gasteiger partial charge is 0.405 e. The molecule has 200 valence electrons. The van der Waals surface area contributed by atoms with Crippen molar-refractivity contribution in [2.75, 3.05) is 0 Å². The van der Waals surface area contributed by atoms with E-state index >= 15 is 0 Å². The minimum atomic E-state index is -5.05. The van der Waals surface area contributed by atoms with Crippen molar-refractivity contribution >= 4 is 29.0 Å². The fourth-order valence-corrected chi connectivity index (χ4v) is 3.87. The van der Waals surface area contributed by atoms with Crippen LogP contribution in [0.15, 0.2) is 36.5 Å². The molecular formula is C21H13Cl2F6N7O2. The lowest BCUT2D eigenvalue weighted by atomic mass is 10.0. The predicted octanol–water partition coefficient (Wildman–Crippen LogP) is 5.26. The monoisotopic (exact) mass is 579 g/mol. The van der Waals surface area contributed by atoms with E-state index in [-0.39, 0.29) is 38.4 Å². The maximum absolute atomic E-state index is 13.4. The number of hydrogen-bond acceptors (Lipinski definition) is 7. The van der Waals surface area contributed by atoms with E-state index in [1.54, 1.807) is 0 Å². The average molecular weight is 580 g/mol. The number of tetrazole rings is 1. The van der Waals surface area contributed by atoms with Gasteiger partial charge in [0.1, 0.15) is 18.0 Å². The first-order chi connectivity index (χ1) is 17.7. The summed E-state index contributed by atoms with van der Waals surface area (Å²) in [5, 5.41) is 13.7. The minimum absolute atomic E-state index is 0.00844. The summed E-state index contributed by atoms with van der Waals surface area (Å²) in [4.78, 5) is 18.1. The highest BCUT2D eigenvalue weighted by molar-refractivity contribution is 6.32. The first-order valence-corrected chi connectivity index (χ1v) is 11.1. The molecule has 0 unspecified atom stereocenters. The molecule has 0 radical (unpaired) electrons. The zero-order valence-corrected chi connectivity index (χ0v) is 20.4. The van der Waals surface area contributed by atoms with E-state index in [0.717, 1.165) is 10.7 Å². The third kappa shape index (κ3) is 6.22. The molecule has 0 saturated heterocycles. The topological polar surface area (TPSA) is 101 Å². The quantitative estimate of drug-likeness (QED) is 0.217. The van der Waals surface area contributed by atoms with Crippen molar-refractivity contribution in [1.82, 2.24) is 35.0 Å². The van der Waals surface area contributed by atoms with Gasteiger partial charge in [-0.2, -0.15) is 23.1 Å². The van der Waals surface area contributed by atoms with Crippen molar-refractivity contribution in [1.29, 1.82) is 0 Å². The molecular weight excluding hydrogens is 567 g/mol. The molecule has 0 aliphatic rings. The zero-order chi connectivity index (χ0) is 27.8. The van der Waals surface area contributed by atoms with Crippen molar-refractivity contribution in [3.05, 3.63) is 74.9 Å². The van der Waals surface area contributed by atoms with E-state index in [2.05, 4.69) is 30.2 Å². The Morgan fingerprint density at radius 1 is 1.08 bits per heavy atom. The predicted molar refractivity (Wildman–Crippen MR) is 119 cm³/mol. The molecule has 3 aromatic heterocycles. The molecule has 0 spiro atoms. The van der Waals surface area contributed by atoms with Gasteiger partial charge in [-0.05, 0) is 48.0 Å². The Kier molecular flexibility index (Phi) is 7.34. The molecule has 4 aromatic rings. The standard InChI is InChI=1S/C21H13Cl2F6N7O2/c1-10-5-11(22)6-17(38-21(27,28)29)13(10)8-16(37)15-7-12(9-35-33-19(31-34-35)20(24,25)26)32-36(15)18-14(23)3-2-4-30-18/h2-7H,8-9H2,1H3. The van der Waals surface area contributed by atoms with Crippen LogP contribution in [0.2, 0.25) is 10.0 Å². The summed E-state index contributed by atoms with van der Waals surface area (Å²) in [7, 11) is 0. The van der Waals surface area contributed by atoms with Crippen molar-refractivity contribution in [2.45, 2.75) is 32.4 Å². The third-order valence-corrected chi connectivity index (χ3v) is 5.47. The van der Waals surface area contributed by atoms with E-state index in [0.29, 0.717) is 4.80 Å². The maximum Gasteiger partial charge on any atom is 0.573 e. The number of alkyl halides is 6. The molecule has 38 heavy (non-hydrogen) atoms. The number of halogens is 8. The highest BCUT2D eigenvalue weighted by Crippen LogP contribution is 2.33. The van der Waals surface area contributed by atoms with Gasteiger partial charge >= 0.3 is 12.5 Å². The van der Waals surface area contributed by atoms with Crippen LogP contribution in [0, 0.1) is 6.92 Å². The highest BCUT2D eigenvalue weighted by atomic mass is 35.5. The first kappa shape index (κ1) is 27.3. The van der Waals surface area contributed by atoms with Crippen LogP contribution in [-0.2, 0) is 19.1 Å². The Morgan fingerprint density at radius 3 is 2.45 bits per heavy atom. The number of benzene rings is 1. The van der Waals surface area contributed by atoms with Crippen LogP contribution >= 0.6 is 23.2 Å². The number of ketones is 1. The number of Topliss-reactive ketones (excluding diaryl/α,β-unsaturated/α-hetero) is 1. The van der Waals surface area contributed by atoms with E-state index in [9.17, 15) is 31.1 Å². The fourth-order valence-electron chi connectivity index (χ4n) is 3.40. The Balaban J connectivity index is 1.74. The van der Waals surface area contributed by atoms with Crippen LogP contribution in [-0.4, -0.2) is 47.1 Å². The van der Waals surface area contributed by atoms with E-state index in [1.165, 1.54) is 37.4 Å². The van der Waals surface area contributed by atoms with Crippen LogP contribution < -0.4 is 4.74 Å². The van der Waals surface area contributed by atoms with Gasteiger partial charge in [0.15, 0.2) is 11.6 Å². The van der Waals surface area contributed by atoms with Gasteiger partial charge in [-0.15, -0.1) is 23.4 Å². The van der Waals surface area contributed by atoms with Gasteiger partial charge in [-0.25, -0.2) is 9.67 Å². The number of carbonyl (C=O) groups is 1. The van der Waals surface area contributed by atoms with E-state index in [4.69, 9.17) is 23.2 Å². The molecule has 3 heterocycles. The number of ether oxygens (including phenoxy) is 1. The van der Waals surface area contributed by atoms with Gasteiger partial charge in [0, 0.05) is 23.2 Å². The number of aromatic nitrogens is 7. The molecule has 0 N–H and O–H groups in total. The van der Waals surface area contributed by atoms with Gasteiger partial charge in [-0.3, -0.25) is 4.79 Å². The molecule has 0 aliphatic carbocycles. The molecule has 0 atom stereocenters. The molecule has 0 aliphatic heterocycles. The SMILES string of the molecule is Cc1cc(Cl)cc(OC(F)(F)F)c1CC(=O)c1cc(Cn2nnc(C(F)(F)F)n2)nn1-c1ncccc1Cl. The minimum Gasteiger partial charge on any atom is -0.405 e. The van der Waals surface area contributed by atoms with Crippen LogP contribution in [0.5, 0.6) is 5.75 Å². The Labute approximate surface area is 218 Å². The van der Waals surface area contributed by atoms with Crippen LogP contribution in [0.25, 0.3) is 5.82 Å². The highest BCUT2D eigenvalue weighted by Gasteiger charge is 2.37. The summed E-state index contributed by atoms with van der Waals surface area (Å²) in [6.45, 7) is 1.02. The Morgan fingerprint density at radius 2 is 1.82 bits per heavy atom. The second-order valence-corrected chi connectivity index (χ2v) is 8.57. The molecule has 0 saturated carbocycles. The number of aryl methyl sites for hydroxylation is 1. The average Bonchev–Trinajstić information content (AvgIpc) is 3.43. The number of nitrogens with zero attached hydrogens (tertiary/aromatic N) is 7. The maximum atomic E-state index is 13.4. The van der Waals surface area contributed by atoms with Gasteiger partial charge in [-0.1, -0.05) is 23.2 Å². The summed E-state index contributed by atoms with van der Waals surface area (Å²) >= 11 is 12.1. The van der Waals surface area contributed by atoms with Crippen molar-refractivity contribution < 1.29 is 35.9 Å². The molecule has 17 heteroatoms. The largest absolute Gasteiger partial charge is 0.573 e. The summed E-state index contributed by atoms with van der Waals surface area (Å²) < 4.78 is 82.5. The Bertz CT molecular complexity index is 1500. The summed E-state index contributed by atoms with van der Waals surface area (Å²) in [6.07, 6.45) is -9.11. The summed E-state index contributed by atoms with van der Waals surface area (Å²) in [5.74, 6) is -2.88. The van der Waals surface area contributed by atoms with Crippen molar-refractivity contribution in [3.8, 4) is 11.6 Å². The zero-order valence-electron chi connectivity index (χ0n) is 18.8. The molecule has 0 bridgehead atoms. The van der Waals surface area contributed by atoms with Gasteiger partial charge < -0.3 is 4.74 Å². The first-order valence-electron chi connectivity index (χ1n) is 10.3. The number of rotatable bonds is 7. The number of pyridine rings is 1. The van der Waals surface area contributed by atoms with Crippen LogP contribution in [0.4, 0.5) is 26.3 Å².